The summed E-state index contributed by atoms with van der Waals surface area (Å²) in [4.78, 5) is 21.7. The molecule has 196 valence electrons. The molecule has 0 radical (unpaired) electrons. The lowest BCUT2D eigenvalue weighted by molar-refractivity contribution is 0.0984. The maximum Gasteiger partial charge on any atom is 0.259 e. The van der Waals surface area contributed by atoms with Crippen LogP contribution in [0.1, 0.15) is 49.5 Å². The molecular formula is C28H28N4O4S2. The van der Waals surface area contributed by atoms with E-state index in [9.17, 15) is 13.2 Å². The molecule has 1 aliphatic heterocycles. The van der Waals surface area contributed by atoms with Crippen LogP contribution in [-0.2, 0) is 10.0 Å². The molecule has 8 nitrogen and oxygen atoms in total. The van der Waals surface area contributed by atoms with Gasteiger partial charge in [0.2, 0.25) is 21.7 Å². The van der Waals surface area contributed by atoms with Crippen molar-refractivity contribution in [3.05, 3.63) is 84.3 Å². The normalized spacial score (nSPS) is 14.2. The third kappa shape index (κ3) is 5.11. The van der Waals surface area contributed by atoms with Crippen LogP contribution >= 0.6 is 11.8 Å². The molecule has 3 aromatic carbocycles. The fourth-order valence-electron chi connectivity index (χ4n) is 4.29. The summed E-state index contributed by atoms with van der Waals surface area (Å²) in [6, 6.07) is 20.8. The maximum absolute atomic E-state index is 13.3. The van der Waals surface area contributed by atoms with Crippen molar-refractivity contribution >= 4 is 33.4 Å². The first-order chi connectivity index (χ1) is 18.3. The standard InChI is InChI=1S/C28H28N4O4S2/c1-4-16-32-22-15-14-19(17-24(22)37-23-13-9-8-12-21(23)28(32)33)26-29-27(36-30-26)25(18(2)3)31-38(34,35)20-10-6-5-7-11-20/h5-15,17-18,25,31H,4,16H2,1-3H3. The highest BCUT2D eigenvalue weighted by Crippen LogP contribution is 2.43. The second kappa shape index (κ2) is 10.7. The first-order valence-electron chi connectivity index (χ1n) is 12.4. The number of carbonyl (C=O) groups is 1. The molecule has 10 heteroatoms. The number of hydrogen-bond donors (Lipinski definition) is 1. The highest BCUT2D eigenvalue weighted by molar-refractivity contribution is 7.99. The number of carbonyl (C=O) groups excluding carboxylic acids is 1. The van der Waals surface area contributed by atoms with Crippen molar-refractivity contribution in [3.8, 4) is 11.4 Å². The number of hydrogen-bond acceptors (Lipinski definition) is 7. The smallest absolute Gasteiger partial charge is 0.259 e. The molecule has 1 unspecified atom stereocenters. The van der Waals surface area contributed by atoms with E-state index in [2.05, 4.69) is 14.9 Å². The quantitative estimate of drug-likeness (QED) is 0.291. The summed E-state index contributed by atoms with van der Waals surface area (Å²) in [5, 5.41) is 4.17. The Balaban J connectivity index is 1.48. The van der Waals surface area contributed by atoms with E-state index in [0.29, 0.717) is 23.5 Å². The second-order valence-corrected chi connectivity index (χ2v) is 12.1. The van der Waals surface area contributed by atoms with E-state index >= 15 is 0 Å². The molecule has 0 aliphatic carbocycles. The van der Waals surface area contributed by atoms with Crippen molar-refractivity contribution in [2.24, 2.45) is 5.92 Å². The van der Waals surface area contributed by atoms with Crippen molar-refractivity contribution in [3.63, 3.8) is 0 Å². The molecule has 0 bridgehead atoms. The molecule has 0 saturated heterocycles. The minimum Gasteiger partial charge on any atom is -0.337 e. The Labute approximate surface area is 226 Å². The lowest BCUT2D eigenvalue weighted by Gasteiger charge is -2.22. The van der Waals surface area contributed by atoms with E-state index in [-0.39, 0.29) is 22.6 Å². The molecular weight excluding hydrogens is 520 g/mol. The number of nitrogens with zero attached hydrogens (tertiary/aromatic N) is 3. The molecule has 4 aromatic rings. The largest absolute Gasteiger partial charge is 0.337 e. The van der Waals surface area contributed by atoms with Crippen LogP contribution in [0.4, 0.5) is 5.69 Å². The van der Waals surface area contributed by atoms with Gasteiger partial charge in [-0.05, 0) is 54.8 Å². The van der Waals surface area contributed by atoms with Crippen molar-refractivity contribution in [2.45, 2.75) is 47.9 Å². The van der Waals surface area contributed by atoms with E-state index in [1.165, 1.54) is 23.9 Å². The summed E-state index contributed by atoms with van der Waals surface area (Å²) in [5.74, 6) is 0.368. The number of nitrogens with one attached hydrogen (secondary N) is 1. The summed E-state index contributed by atoms with van der Waals surface area (Å²) in [7, 11) is -3.79. The fourth-order valence-corrected chi connectivity index (χ4v) is 6.77. The molecule has 2 heterocycles. The number of fused-ring (bicyclic) bond motifs is 2. The Morgan fingerprint density at radius 2 is 1.74 bits per heavy atom. The number of aromatic nitrogens is 2. The van der Waals surface area contributed by atoms with Gasteiger partial charge in [0.15, 0.2) is 0 Å². The third-order valence-corrected chi connectivity index (χ3v) is 8.83. The van der Waals surface area contributed by atoms with E-state index in [4.69, 9.17) is 4.52 Å². The van der Waals surface area contributed by atoms with Crippen LogP contribution in [0.2, 0.25) is 0 Å². The number of rotatable bonds is 8. The molecule has 1 atom stereocenters. The van der Waals surface area contributed by atoms with Crippen LogP contribution in [0.25, 0.3) is 11.4 Å². The zero-order valence-electron chi connectivity index (χ0n) is 21.3. The zero-order chi connectivity index (χ0) is 26.9. The number of benzene rings is 3. The highest BCUT2D eigenvalue weighted by Gasteiger charge is 2.30. The lowest BCUT2D eigenvalue weighted by atomic mass is 10.1. The summed E-state index contributed by atoms with van der Waals surface area (Å²) < 4.78 is 34.2. The van der Waals surface area contributed by atoms with Crippen LogP contribution < -0.4 is 9.62 Å². The molecule has 0 saturated carbocycles. The fraction of sp³-hybridized carbons (Fsp3) is 0.250. The molecule has 0 spiro atoms. The molecule has 0 fully saturated rings. The molecule has 1 aromatic heterocycles. The van der Waals surface area contributed by atoms with E-state index < -0.39 is 16.1 Å². The summed E-state index contributed by atoms with van der Waals surface area (Å²) >= 11 is 1.53. The molecule has 1 N–H and O–H groups in total. The summed E-state index contributed by atoms with van der Waals surface area (Å²) in [6.07, 6.45) is 0.823. The maximum atomic E-state index is 13.3. The van der Waals surface area contributed by atoms with E-state index in [1.54, 1.807) is 18.2 Å². The number of amides is 1. The number of anilines is 1. The predicted octanol–water partition coefficient (Wildman–Crippen LogP) is 5.93. The first-order valence-corrected chi connectivity index (χ1v) is 14.7. The van der Waals surface area contributed by atoms with Crippen molar-refractivity contribution in [1.82, 2.24) is 14.9 Å². The molecule has 38 heavy (non-hydrogen) atoms. The van der Waals surface area contributed by atoms with Gasteiger partial charge in [-0.1, -0.05) is 68.0 Å². The van der Waals surface area contributed by atoms with Gasteiger partial charge >= 0.3 is 0 Å². The monoisotopic (exact) mass is 548 g/mol. The van der Waals surface area contributed by atoms with E-state index in [0.717, 1.165) is 21.9 Å². The minimum atomic E-state index is -3.79. The van der Waals surface area contributed by atoms with Gasteiger partial charge in [-0.2, -0.15) is 9.71 Å². The Morgan fingerprint density at radius 1 is 1.00 bits per heavy atom. The molecule has 1 aliphatic rings. The zero-order valence-corrected chi connectivity index (χ0v) is 22.9. The second-order valence-electron chi connectivity index (χ2n) is 9.35. The summed E-state index contributed by atoms with van der Waals surface area (Å²) in [6.45, 7) is 6.42. The average molecular weight is 549 g/mol. The first kappa shape index (κ1) is 26.1. The van der Waals surface area contributed by atoms with Gasteiger partial charge < -0.3 is 9.42 Å². The van der Waals surface area contributed by atoms with Crippen molar-refractivity contribution < 1.29 is 17.7 Å². The topological polar surface area (TPSA) is 105 Å². The van der Waals surface area contributed by atoms with Gasteiger partial charge in [-0.15, -0.1) is 0 Å². The SMILES string of the molecule is CCCN1C(=O)c2ccccc2Sc2cc(-c3noc(C(NS(=O)(=O)c4ccccc4)C(C)C)n3)ccc21. The molecule has 1 amide bonds. The van der Waals surface area contributed by atoms with Crippen LogP contribution in [0.15, 0.2) is 92.0 Å². The minimum absolute atomic E-state index is 0.0197. The Bertz CT molecular complexity index is 1570. The Morgan fingerprint density at radius 3 is 2.47 bits per heavy atom. The number of sulfonamides is 1. The van der Waals surface area contributed by atoms with Crippen LogP contribution in [-0.4, -0.2) is 31.0 Å². The van der Waals surface area contributed by atoms with Gasteiger partial charge in [0.25, 0.3) is 5.91 Å². The van der Waals surface area contributed by atoms with Gasteiger partial charge in [-0.25, -0.2) is 8.42 Å². The van der Waals surface area contributed by atoms with Crippen LogP contribution in [0.5, 0.6) is 0 Å². The van der Waals surface area contributed by atoms with E-state index in [1.807, 2.05) is 68.1 Å². The van der Waals surface area contributed by atoms with Gasteiger partial charge in [0.1, 0.15) is 6.04 Å². The van der Waals surface area contributed by atoms with Crippen LogP contribution in [0, 0.1) is 5.92 Å². The Kier molecular flexibility index (Phi) is 7.38. The summed E-state index contributed by atoms with van der Waals surface area (Å²) in [5.41, 5.74) is 2.22. The molecule has 5 rings (SSSR count). The lowest BCUT2D eigenvalue weighted by Crippen LogP contribution is -2.32. The van der Waals surface area contributed by atoms with Crippen molar-refractivity contribution in [2.75, 3.05) is 11.4 Å². The average Bonchev–Trinajstić information content (AvgIpc) is 3.37. The van der Waals surface area contributed by atoms with Gasteiger partial charge in [-0.3, -0.25) is 4.79 Å². The van der Waals surface area contributed by atoms with Gasteiger partial charge in [0.05, 0.1) is 16.1 Å². The van der Waals surface area contributed by atoms with Gasteiger partial charge in [0, 0.05) is 21.9 Å². The van der Waals surface area contributed by atoms with Crippen molar-refractivity contribution in [1.29, 1.82) is 0 Å². The highest BCUT2D eigenvalue weighted by atomic mass is 32.2. The predicted molar refractivity (Wildman–Crippen MR) is 147 cm³/mol. The Hall–Kier alpha value is -3.47. The third-order valence-electron chi connectivity index (χ3n) is 6.25. The van der Waals surface area contributed by atoms with Crippen LogP contribution in [0.3, 0.4) is 0 Å².